The molecule has 0 aliphatic rings. The normalized spacial score (nSPS) is 11.7. The minimum absolute atomic E-state index is 0.484. The third-order valence-electron chi connectivity index (χ3n) is 3.28. The van der Waals surface area contributed by atoms with Crippen LogP contribution in [0.4, 0.5) is 5.69 Å². The fourth-order valence-electron chi connectivity index (χ4n) is 2.16. The smallest absolute Gasteiger partial charge is 0.0739 e. The van der Waals surface area contributed by atoms with Gasteiger partial charge in [0.15, 0.2) is 0 Å². The molecule has 0 aromatic heterocycles. The first kappa shape index (κ1) is 16.0. The van der Waals surface area contributed by atoms with E-state index in [4.69, 9.17) is 0 Å². The molecule has 3 heteroatoms. The third-order valence-corrected chi connectivity index (χ3v) is 4.71. The maximum absolute atomic E-state index is 4.64. The Bertz CT molecular complexity index is 586. The second kappa shape index (κ2) is 8.78. The Morgan fingerprint density at radius 2 is 1.81 bits per heavy atom. The molecule has 0 N–H and O–H groups in total. The lowest BCUT2D eigenvalue weighted by Crippen LogP contribution is -1.94. The summed E-state index contributed by atoms with van der Waals surface area (Å²) < 4.78 is 0. The highest BCUT2D eigenvalue weighted by molar-refractivity contribution is 7.99. The van der Waals surface area contributed by atoms with Crippen LogP contribution in [-0.4, -0.2) is 5.16 Å². The number of thiocarbonyl (C=S) groups is 1. The number of rotatable bonds is 7. The van der Waals surface area contributed by atoms with E-state index in [0.29, 0.717) is 5.25 Å². The van der Waals surface area contributed by atoms with Gasteiger partial charge in [-0.25, -0.2) is 0 Å². The first-order valence-electron chi connectivity index (χ1n) is 7.23. The first-order valence-corrected chi connectivity index (χ1v) is 8.52. The lowest BCUT2D eigenvalue weighted by Gasteiger charge is -2.17. The van der Waals surface area contributed by atoms with Crippen LogP contribution in [0.15, 0.2) is 64.5 Å². The zero-order valence-electron chi connectivity index (χ0n) is 12.2. The molecule has 1 nitrogen and oxygen atoms in total. The predicted octanol–water partition coefficient (Wildman–Crippen LogP) is 6.44. The van der Waals surface area contributed by atoms with Gasteiger partial charge in [0, 0.05) is 10.1 Å². The second-order valence-corrected chi connectivity index (χ2v) is 6.32. The van der Waals surface area contributed by atoms with Gasteiger partial charge in [-0.1, -0.05) is 50.1 Å². The monoisotopic (exact) mass is 313 g/mol. The fourth-order valence-corrected chi connectivity index (χ4v) is 3.49. The SMILES string of the molecule is CCCCC(Sc1ccccc1)c1ccc(N=C=S)cc1. The zero-order valence-corrected chi connectivity index (χ0v) is 13.8. The molecule has 0 aliphatic heterocycles. The highest BCUT2D eigenvalue weighted by atomic mass is 32.2. The molecule has 108 valence electrons. The molecule has 0 aliphatic carbocycles. The van der Waals surface area contributed by atoms with Crippen molar-refractivity contribution in [3.05, 3.63) is 60.2 Å². The Labute approximate surface area is 136 Å². The summed E-state index contributed by atoms with van der Waals surface area (Å²) in [6.07, 6.45) is 3.65. The van der Waals surface area contributed by atoms with E-state index in [1.54, 1.807) is 0 Å². The fraction of sp³-hybridized carbons (Fsp3) is 0.278. The van der Waals surface area contributed by atoms with Crippen LogP contribution in [0.5, 0.6) is 0 Å². The number of unbranched alkanes of at least 4 members (excludes halogenated alkanes) is 1. The average Bonchev–Trinajstić information content (AvgIpc) is 2.53. The van der Waals surface area contributed by atoms with Crippen LogP contribution in [0, 0.1) is 0 Å². The van der Waals surface area contributed by atoms with Crippen molar-refractivity contribution in [1.29, 1.82) is 0 Å². The van der Waals surface area contributed by atoms with Crippen molar-refractivity contribution in [2.45, 2.75) is 36.3 Å². The van der Waals surface area contributed by atoms with Crippen LogP contribution < -0.4 is 0 Å². The van der Waals surface area contributed by atoms with E-state index in [1.807, 2.05) is 23.9 Å². The lowest BCUT2D eigenvalue weighted by atomic mass is 10.1. The lowest BCUT2D eigenvalue weighted by molar-refractivity contribution is 0.706. The number of nitrogens with zero attached hydrogens (tertiary/aromatic N) is 1. The van der Waals surface area contributed by atoms with E-state index in [1.165, 1.54) is 29.7 Å². The maximum atomic E-state index is 4.64. The largest absolute Gasteiger partial charge is 0.195 e. The molecule has 0 spiro atoms. The summed E-state index contributed by atoms with van der Waals surface area (Å²) in [5, 5.41) is 2.89. The molecule has 1 unspecified atom stereocenters. The molecule has 0 heterocycles. The zero-order chi connectivity index (χ0) is 14.9. The molecular weight excluding hydrogens is 294 g/mol. The predicted molar refractivity (Wildman–Crippen MR) is 95.7 cm³/mol. The van der Waals surface area contributed by atoms with Crippen LogP contribution in [0.1, 0.15) is 37.0 Å². The summed E-state index contributed by atoms with van der Waals surface area (Å²) in [6, 6.07) is 18.9. The molecule has 0 radical (unpaired) electrons. The number of hydrogen-bond acceptors (Lipinski definition) is 3. The van der Waals surface area contributed by atoms with Gasteiger partial charge >= 0.3 is 0 Å². The highest BCUT2D eigenvalue weighted by Crippen LogP contribution is 2.39. The van der Waals surface area contributed by atoms with Crippen LogP contribution in [0.25, 0.3) is 0 Å². The van der Waals surface area contributed by atoms with Crippen LogP contribution in [0.2, 0.25) is 0 Å². The van der Waals surface area contributed by atoms with Gasteiger partial charge in [-0.2, -0.15) is 4.99 Å². The van der Waals surface area contributed by atoms with Gasteiger partial charge in [0.05, 0.1) is 10.8 Å². The summed E-state index contributed by atoms with van der Waals surface area (Å²) >= 11 is 6.58. The number of hydrogen-bond donors (Lipinski definition) is 0. The second-order valence-electron chi connectivity index (χ2n) is 4.86. The number of thioether (sulfide) groups is 1. The molecular formula is C18H19NS2. The van der Waals surface area contributed by atoms with E-state index < -0.39 is 0 Å². The number of isothiocyanates is 1. The van der Waals surface area contributed by atoms with Gasteiger partial charge in [0.2, 0.25) is 0 Å². The standard InChI is InChI=1S/C18H19NS2/c1-2-3-9-18(21-17-7-5-4-6-8-17)15-10-12-16(13-11-15)19-14-20/h4-8,10-13,18H,2-3,9H2,1H3. The van der Waals surface area contributed by atoms with E-state index >= 15 is 0 Å². The van der Waals surface area contributed by atoms with Crippen molar-refractivity contribution in [2.75, 3.05) is 0 Å². The average molecular weight is 313 g/mol. The van der Waals surface area contributed by atoms with Crippen molar-refractivity contribution in [3.8, 4) is 0 Å². The van der Waals surface area contributed by atoms with Crippen molar-refractivity contribution in [2.24, 2.45) is 4.99 Å². The topological polar surface area (TPSA) is 12.4 Å². The van der Waals surface area contributed by atoms with Crippen LogP contribution in [0.3, 0.4) is 0 Å². The van der Waals surface area contributed by atoms with Crippen molar-refractivity contribution in [3.63, 3.8) is 0 Å². The van der Waals surface area contributed by atoms with Crippen LogP contribution in [-0.2, 0) is 0 Å². The van der Waals surface area contributed by atoms with E-state index in [2.05, 4.69) is 71.8 Å². The molecule has 2 aromatic carbocycles. The molecule has 0 saturated heterocycles. The molecule has 2 aromatic rings. The summed E-state index contributed by atoms with van der Waals surface area (Å²) in [5.41, 5.74) is 2.22. The van der Waals surface area contributed by atoms with E-state index in [0.717, 1.165) is 5.69 Å². The molecule has 0 amide bonds. The Kier molecular flexibility index (Phi) is 6.68. The minimum atomic E-state index is 0.484. The Morgan fingerprint density at radius 3 is 2.43 bits per heavy atom. The van der Waals surface area contributed by atoms with Crippen molar-refractivity contribution >= 4 is 34.8 Å². The summed E-state index contributed by atoms with van der Waals surface area (Å²) in [5.74, 6) is 0. The summed E-state index contributed by atoms with van der Waals surface area (Å²) in [6.45, 7) is 2.24. The van der Waals surface area contributed by atoms with Gasteiger partial charge in [0.1, 0.15) is 0 Å². The van der Waals surface area contributed by atoms with Gasteiger partial charge in [-0.3, -0.25) is 0 Å². The van der Waals surface area contributed by atoms with Gasteiger partial charge in [0.25, 0.3) is 0 Å². The molecule has 0 saturated carbocycles. The highest BCUT2D eigenvalue weighted by Gasteiger charge is 2.12. The van der Waals surface area contributed by atoms with Gasteiger partial charge in [-0.15, -0.1) is 11.8 Å². The van der Waals surface area contributed by atoms with Crippen molar-refractivity contribution < 1.29 is 0 Å². The van der Waals surface area contributed by atoms with Crippen LogP contribution >= 0.6 is 24.0 Å². The summed E-state index contributed by atoms with van der Waals surface area (Å²) in [4.78, 5) is 5.33. The van der Waals surface area contributed by atoms with E-state index in [-0.39, 0.29) is 0 Å². The molecule has 1 atom stereocenters. The van der Waals surface area contributed by atoms with E-state index in [9.17, 15) is 0 Å². The molecule has 21 heavy (non-hydrogen) atoms. The first-order chi connectivity index (χ1) is 10.3. The Morgan fingerprint density at radius 1 is 1.10 bits per heavy atom. The molecule has 0 bridgehead atoms. The Hall–Kier alpha value is -1.41. The molecule has 0 fully saturated rings. The quantitative estimate of drug-likeness (QED) is 0.331. The maximum Gasteiger partial charge on any atom is 0.0739 e. The van der Waals surface area contributed by atoms with Gasteiger partial charge < -0.3 is 0 Å². The minimum Gasteiger partial charge on any atom is -0.195 e. The number of aliphatic imine (C=N–C) groups is 1. The number of benzene rings is 2. The van der Waals surface area contributed by atoms with Gasteiger partial charge in [-0.05, 0) is 48.5 Å². The summed E-state index contributed by atoms with van der Waals surface area (Å²) in [7, 11) is 0. The van der Waals surface area contributed by atoms with Crippen molar-refractivity contribution in [1.82, 2.24) is 0 Å². The third kappa shape index (κ3) is 5.13. The molecule has 2 rings (SSSR count). The Balaban J connectivity index is 2.16.